The Bertz CT molecular complexity index is 514. The quantitative estimate of drug-likeness (QED) is 0.848. The lowest BCUT2D eigenvalue weighted by atomic mass is 10.2. The van der Waals surface area contributed by atoms with Gasteiger partial charge in [-0.3, -0.25) is 0 Å². The molecule has 5 heteroatoms. The van der Waals surface area contributed by atoms with Gasteiger partial charge < -0.3 is 15.6 Å². The number of hydrogen-bond acceptors (Lipinski definition) is 5. The minimum atomic E-state index is 0.636. The molecule has 90 valence electrons. The lowest BCUT2D eigenvalue weighted by Crippen LogP contribution is -2.04. The highest BCUT2D eigenvalue weighted by Gasteiger charge is 2.08. The first-order valence-corrected chi connectivity index (χ1v) is 5.45. The first-order valence-electron chi connectivity index (χ1n) is 5.45. The van der Waals surface area contributed by atoms with Crippen LogP contribution in [0.25, 0.3) is 0 Å². The maximum absolute atomic E-state index is 5.82. The number of hydrogen-bond donors (Lipinski definition) is 2. The molecule has 0 aliphatic rings. The maximum Gasteiger partial charge on any atom is 0.138 e. The minimum Gasteiger partial charge on any atom is -0.398 e. The van der Waals surface area contributed by atoms with Crippen LogP contribution in [0.1, 0.15) is 22.6 Å². The van der Waals surface area contributed by atoms with Crippen LogP contribution >= 0.6 is 0 Å². The minimum absolute atomic E-state index is 0.636. The topological polar surface area (TPSA) is 77.0 Å². The van der Waals surface area contributed by atoms with Gasteiger partial charge in [0.1, 0.15) is 11.6 Å². The van der Waals surface area contributed by atoms with Crippen molar-refractivity contribution in [2.45, 2.75) is 27.3 Å². The van der Waals surface area contributed by atoms with Gasteiger partial charge in [0, 0.05) is 30.1 Å². The monoisotopic (exact) mass is 232 g/mol. The highest BCUT2D eigenvalue weighted by atomic mass is 16.5. The molecule has 17 heavy (non-hydrogen) atoms. The molecule has 5 nitrogen and oxygen atoms in total. The predicted octanol–water partition coefficient (Wildman–Crippen LogP) is 2.19. The van der Waals surface area contributed by atoms with E-state index < -0.39 is 0 Å². The van der Waals surface area contributed by atoms with Crippen LogP contribution < -0.4 is 11.1 Å². The van der Waals surface area contributed by atoms with Gasteiger partial charge in [0.25, 0.3) is 0 Å². The molecule has 0 amide bonds. The largest absolute Gasteiger partial charge is 0.398 e. The van der Waals surface area contributed by atoms with Gasteiger partial charge in [-0.25, -0.2) is 4.98 Å². The SMILES string of the molecule is Cc1cnc(NCc2c(C)noc2C)cc1N. The Morgan fingerprint density at radius 1 is 1.35 bits per heavy atom. The van der Waals surface area contributed by atoms with Crippen molar-refractivity contribution in [2.75, 3.05) is 11.1 Å². The van der Waals surface area contributed by atoms with Crippen LogP contribution in [0, 0.1) is 20.8 Å². The van der Waals surface area contributed by atoms with E-state index in [1.165, 1.54) is 0 Å². The molecule has 0 fully saturated rings. The number of pyridine rings is 1. The van der Waals surface area contributed by atoms with E-state index in [1.54, 1.807) is 6.20 Å². The van der Waals surface area contributed by atoms with Crippen LogP contribution in [0.3, 0.4) is 0 Å². The van der Waals surface area contributed by atoms with Crippen molar-refractivity contribution in [3.05, 3.63) is 34.8 Å². The average molecular weight is 232 g/mol. The van der Waals surface area contributed by atoms with Crippen molar-refractivity contribution in [3.63, 3.8) is 0 Å². The molecule has 0 aliphatic carbocycles. The predicted molar refractivity (Wildman–Crippen MR) is 66.7 cm³/mol. The highest BCUT2D eigenvalue weighted by Crippen LogP contribution is 2.17. The van der Waals surface area contributed by atoms with Gasteiger partial charge in [0.2, 0.25) is 0 Å². The van der Waals surface area contributed by atoms with Crippen LogP contribution in [0.2, 0.25) is 0 Å². The molecule has 2 aromatic heterocycles. The van der Waals surface area contributed by atoms with Crippen molar-refractivity contribution in [3.8, 4) is 0 Å². The highest BCUT2D eigenvalue weighted by molar-refractivity contribution is 5.53. The van der Waals surface area contributed by atoms with Crippen molar-refractivity contribution in [1.82, 2.24) is 10.1 Å². The number of nitrogens with two attached hydrogens (primary N) is 1. The summed E-state index contributed by atoms with van der Waals surface area (Å²) in [7, 11) is 0. The van der Waals surface area contributed by atoms with Crippen molar-refractivity contribution in [2.24, 2.45) is 0 Å². The molecule has 2 aromatic rings. The Kier molecular flexibility index (Phi) is 2.99. The van der Waals surface area contributed by atoms with Gasteiger partial charge in [0.05, 0.1) is 5.69 Å². The number of nitrogens with zero attached hydrogens (tertiary/aromatic N) is 2. The zero-order valence-corrected chi connectivity index (χ0v) is 10.2. The first-order chi connectivity index (χ1) is 8.08. The molecule has 2 heterocycles. The molecule has 0 saturated heterocycles. The van der Waals surface area contributed by atoms with Crippen molar-refractivity contribution < 1.29 is 4.52 Å². The summed E-state index contributed by atoms with van der Waals surface area (Å²) in [6.07, 6.45) is 1.75. The Hall–Kier alpha value is -2.04. The van der Waals surface area contributed by atoms with E-state index in [-0.39, 0.29) is 0 Å². The summed E-state index contributed by atoms with van der Waals surface area (Å²) >= 11 is 0. The summed E-state index contributed by atoms with van der Waals surface area (Å²) in [5.74, 6) is 1.59. The van der Waals surface area contributed by atoms with Gasteiger partial charge in [-0.05, 0) is 26.3 Å². The number of nitrogen functional groups attached to an aromatic ring is 1. The third-order valence-electron chi connectivity index (χ3n) is 2.77. The zero-order valence-electron chi connectivity index (χ0n) is 10.2. The van der Waals surface area contributed by atoms with Crippen LogP contribution in [0.15, 0.2) is 16.8 Å². The molecule has 2 rings (SSSR count). The third-order valence-corrected chi connectivity index (χ3v) is 2.77. The number of aromatic nitrogens is 2. The fraction of sp³-hybridized carbons (Fsp3) is 0.333. The Labute approximate surface area is 100 Å². The second-order valence-electron chi connectivity index (χ2n) is 4.08. The molecule has 0 bridgehead atoms. The fourth-order valence-electron chi connectivity index (χ4n) is 1.57. The molecule has 3 N–H and O–H groups in total. The lowest BCUT2D eigenvalue weighted by molar-refractivity contribution is 0.392. The molecule has 0 aromatic carbocycles. The van der Waals surface area contributed by atoms with Gasteiger partial charge in [0.15, 0.2) is 0 Å². The molecular formula is C12H16N4O. The Morgan fingerprint density at radius 2 is 2.12 bits per heavy atom. The van der Waals surface area contributed by atoms with Gasteiger partial charge in [-0.2, -0.15) is 0 Å². The van der Waals surface area contributed by atoms with E-state index in [0.29, 0.717) is 6.54 Å². The number of nitrogens with one attached hydrogen (secondary N) is 1. The van der Waals surface area contributed by atoms with Crippen molar-refractivity contribution in [1.29, 1.82) is 0 Å². The summed E-state index contributed by atoms with van der Waals surface area (Å²) in [5.41, 5.74) is 9.49. The standard InChI is InChI=1S/C12H16N4O/c1-7-5-14-12(4-11(7)13)15-6-10-8(2)16-17-9(10)3/h4-5H,6H2,1-3H3,(H3,13,14,15). The van der Waals surface area contributed by atoms with E-state index in [0.717, 1.165) is 34.1 Å². The van der Waals surface area contributed by atoms with Gasteiger partial charge in [-0.15, -0.1) is 0 Å². The third kappa shape index (κ3) is 2.38. The second-order valence-corrected chi connectivity index (χ2v) is 4.08. The Morgan fingerprint density at radius 3 is 2.71 bits per heavy atom. The second kappa shape index (κ2) is 4.45. The molecule has 0 aliphatic heterocycles. The fourth-order valence-corrected chi connectivity index (χ4v) is 1.57. The lowest BCUT2D eigenvalue weighted by Gasteiger charge is -2.07. The van der Waals surface area contributed by atoms with Crippen molar-refractivity contribution >= 4 is 11.5 Å². The zero-order chi connectivity index (χ0) is 12.4. The summed E-state index contributed by atoms with van der Waals surface area (Å²) < 4.78 is 5.09. The van der Waals surface area contributed by atoms with Crippen LogP contribution in [0.4, 0.5) is 11.5 Å². The summed E-state index contributed by atoms with van der Waals surface area (Å²) in [5, 5.41) is 7.11. The van der Waals surface area contributed by atoms with E-state index in [9.17, 15) is 0 Å². The number of rotatable bonds is 3. The van der Waals surface area contributed by atoms with Gasteiger partial charge in [-0.1, -0.05) is 5.16 Å². The smallest absolute Gasteiger partial charge is 0.138 e. The normalized spacial score (nSPS) is 10.5. The van der Waals surface area contributed by atoms with Crippen LogP contribution in [-0.4, -0.2) is 10.1 Å². The van der Waals surface area contributed by atoms with E-state index in [1.807, 2.05) is 26.8 Å². The van der Waals surface area contributed by atoms with Gasteiger partial charge >= 0.3 is 0 Å². The maximum atomic E-state index is 5.82. The molecule has 0 unspecified atom stereocenters. The number of aryl methyl sites for hydroxylation is 3. The van der Waals surface area contributed by atoms with Crippen LogP contribution in [-0.2, 0) is 6.54 Å². The van der Waals surface area contributed by atoms with E-state index in [2.05, 4.69) is 15.5 Å². The molecule has 0 spiro atoms. The van der Waals surface area contributed by atoms with E-state index >= 15 is 0 Å². The van der Waals surface area contributed by atoms with E-state index in [4.69, 9.17) is 10.3 Å². The molecule has 0 radical (unpaired) electrons. The summed E-state index contributed by atoms with van der Waals surface area (Å²) in [6, 6.07) is 1.83. The number of anilines is 2. The summed E-state index contributed by atoms with van der Waals surface area (Å²) in [4.78, 5) is 4.26. The molecule has 0 saturated carbocycles. The average Bonchev–Trinajstić information content (AvgIpc) is 2.61. The summed E-state index contributed by atoms with van der Waals surface area (Å²) in [6.45, 7) is 6.38. The molecular weight excluding hydrogens is 216 g/mol. The van der Waals surface area contributed by atoms with Crippen LogP contribution in [0.5, 0.6) is 0 Å². The first kappa shape index (κ1) is 11.4. The molecule has 0 atom stereocenters. The Balaban J connectivity index is 2.10.